The summed E-state index contributed by atoms with van der Waals surface area (Å²) in [4.78, 5) is 2.85. The monoisotopic (exact) mass is 254 g/mol. The third-order valence-electron chi connectivity index (χ3n) is 1.96. The number of halogens is 1. The topological polar surface area (TPSA) is 86.8 Å². The standard InChI is InChI=1S/C9H7ClN4OS/c10-4-1-2-5-6(3-4)12-8(7(5)15)13-14-9(11)16/h1-3,12,15H,(H2,11,16). The van der Waals surface area contributed by atoms with Crippen LogP contribution in [0.25, 0.3) is 10.9 Å². The van der Waals surface area contributed by atoms with Crippen molar-refractivity contribution in [1.29, 1.82) is 0 Å². The lowest BCUT2D eigenvalue weighted by Crippen LogP contribution is -2.01. The number of aromatic amines is 1. The van der Waals surface area contributed by atoms with Crippen molar-refractivity contribution in [3.8, 4) is 5.75 Å². The Hall–Kier alpha value is -1.66. The maximum Gasteiger partial charge on any atom is 0.211 e. The number of H-pyrrole nitrogens is 1. The average molecular weight is 255 g/mol. The second kappa shape index (κ2) is 4.07. The van der Waals surface area contributed by atoms with Crippen LogP contribution < -0.4 is 5.73 Å². The zero-order chi connectivity index (χ0) is 11.7. The molecular formula is C9H7ClN4OS. The Balaban J connectivity index is 2.55. The van der Waals surface area contributed by atoms with Crippen molar-refractivity contribution in [2.45, 2.75) is 0 Å². The molecule has 1 aromatic carbocycles. The number of rotatable bonds is 1. The average Bonchev–Trinajstić information content (AvgIpc) is 2.52. The Morgan fingerprint density at radius 1 is 1.50 bits per heavy atom. The van der Waals surface area contributed by atoms with Gasteiger partial charge in [0.25, 0.3) is 0 Å². The van der Waals surface area contributed by atoms with Gasteiger partial charge < -0.3 is 15.8 Å². The molecule has 0 amide bonds. The van der Waals surface area contributed by atoms with E-state index in [1.807, 2.05) is 0 Å². The number of aromatic nitrogens is 1. The van der Waals surface area contributed by atoms with Crippen LogP contribution in [0.2, 0.25) is 5.02 Å². The lowest BCUT2D eigenvalue weighted by Gasteiger charge is -1.90. The normalized spacial score (nSPS) is 11.3. The molecule has 7 heteroatoms. The largest absolute Gasteiger partial charge is 0.504 e. The summed E-state index contributed by atoms with van der Waals surface area (Å²) in [6.07, 6.45) is 0. The molecule has 0 aliphatic carbocycles. The van der Waals surface area contributed by atoms with Crippen LogP contribution in [0.15, 0.2) is 28.4 Å². The van der Waals surface area contributed by atoms with Gasteiger partial charge in [-0.05, 0) is 30.4 Å². The van der Waals surface area contributed by atoms with Crippen molar-refractivity contribution in [3.05, 3.63) is 23.2 Å². The van der Waals surface area contributed by atoms with Crippen molar-refractivity contribution in [2.24, 2.45) is 16.0 Å². The van der Waals surface area contributed by atoms with Gasteiger partial charge in [-0.1, -0.05) is 11.6 Å². The summed E-state index contributed by atoms with van der Waals surface area (Å²) in [6.45, 7) is 0. The molecule has 0 saturated heterocycles. The van der Waals surface area contributed by atoms with E-state index >= 15 is 0 Å². The lowest BCUT2D eigenvalue weighted by atomic mass is 10.2. The first kappa shape index (κ1) is 10.8. The van der Waals surface area contributed by atoms with Gasteiger partial charge in [-0.25, -0.2) is 0 Å². The first-order valence-corrected chi connectivity index (χ1v) is 5.08. The minimum Gasteiger partial charge on any atom is -0.504 e. The Morgan fingerprint density at radius 3 is 2.94 bits per heavy atom. The van der Waals surface area contributed by atoms with Crippen molar-refractivity contribution in [1.82, 2.24) is 4.98 Å². The van der Waals surface area contributed by atoms with Gasteiger partial charge in [0.2, 0.25) is 5.11 Å². The molecule has 5 nitrogen and oxygen atoms in total. The number of benzene rings is 1. The van der Waals surface area contributed by atoms with Gasteiger partial charge >= 0.3 is 0 Å². The van der Waals surface area contributed by atoms with Crippen LogP contribution in [-0.2, 0) is 0 Å². The van der Waals surface area contributed by atoms with E-state index < -0.39 is 0 Å². The summed E-state index contributed by atoms with van der Waals surface area (Å²) in [6, 6.07) is 5.03. The van der Waals surface area contributed by atoms with Crippen LogP contribution in [-0.4, -0.2) is 15.2 Å². The molecule has 2 aromatic rings. The smallest absolute Gasteiger partial charge is 0.211 e. The molecule has 0 fully saturated rings. The van der Waals surface area contributed by atoms with E-state index in [2.05, 4.69) is 27.4 Å². The fourth-order valence-electron chi connectivity index (χ4n) is 1.31. The number of hydrogen-bond donors (Lipinski definition) is 3. The molecule has 0 spiro atoms. The number of hydrogen-bond acceptors (Lipinski definition) is 3. The van der Waals surface area contributed by atoms with Crippen molar-refractivity contribution in [2.75, 3.05) is 0 Å². The fraction of sp³-hybridized carbons (Fsp3) is 0. The van der Waals surface area contributed by atoms with Crippen LogP contribution in [0.3, 0.4) is 0 Å². The number of nitrogens with one attached hydrogen (secondary N) is 1. The summed E-state index contributed by atoms with van der Waals surface area (Å²) >= 11 is 10.4. The summed E-state index contributed by atoms with van der Waals surface area (Å²) < 4.78 is 0. The molecule has 2 rings (SSSR count). The number of nitrogens with two attached hydrogens (primary N) is 1. The second-order valence-electron chi connectivity index (χ2n) is 3.05. The highest BCUT2D eigenvalue weighted by atomic mass is 35.5. The van der Waals surface area contributed by atoms with Crippen LogP contribution >= 0.6 is 23.8 Å². The first-order chi connectivity index (χ1) is 7.58. The van der Waals surface area contributed by atoms with E-state index in [4.69, 9.17) is 17.3 Å². The predicted molar refractivity (Wildman–Crippen MR) is 66.3 cm³/mol. The maximum absolute atomic E-state index is 9.78. The van der Waals surface area contributed by atoms with E-state index in [-0.39, 0.29) is 16.7 Å². The quantitative estimate of drug-likeness (QED) is 0.540. The maximum atomic E-state index is 9.78. The van der Waals surface area contributed by atoms with Gasteiger partial charge in [0, 0.05) is 10.4 Å². The Labute approximate surface area is 101 Å². The van der Waals surface area contributed by atoms with Gasteiger partial charge in [0.15, 0.2) is 11.6 Å². The van der Waals surface area contributed by atoms with Crippen molar-refractivity contribution < 1.29 is 5.11 Å². The molecule has 0 aliphatic rings. The molecular weight excluding hydrogens is 248 g/mol. The summed E-state index contributed by atoms with van der Waals surface area (Å²) in [5.74, 6) is 0.191. The Kier molecular flexibility index (Phi) is 2.76. The second-order valence-corrected chi connectivity index (χ2v) is 3.91. The number of aromatic hydroxyl groups is 1. The number of nitrogens with zero attached hydrogens (tertiary/aromatic N) is 2. The highest BCUT2D eigenvalue weighted by Crippen LogP contribution is 2.35. The molecule has 4 N–H and O–H groups in total. The Bertz CT molecular complexity index is 592. The lowest BCUT2D eigenvalue weighted by molar-refractivity contribution is 0.482. The van der Waals surface area contributed by atoms with Crippen LogP contribution in [0.5, 0.6) is 5.75 Å². The highest BCUT2D eigenvalue weighted by Gasteiger charge is 2.09. The van der Waals surface area contributed by atoms with E-state index in [9.17, 15) is 5.11 Å². The molecule has 1 aromatic heterocycles. The minimum absolute atomic E-state index is 0.00772. The zero-order valence-corrected chi connectivity index (χ0v) is 9.51. The van der Waals surface area contributed by atoms with Gasteiger partial charge in [0.1, 0.15) is 0 Å². The van der Waals surface area contributed by atoms with Crippen LogP contribution in [0.4, 0.5) is 5.82 Å². The molecule has 1 heterocycles. The molecule has 0 bridgehead atoms. The van der Waals surface area contributed by atoms with Crippen molar-refractivity contribution in [3.63, 3.8) is 0 Å². The van der Waals surface area contributed by atoms with Gasteiger partial charge in [-0.15, -0.1) is 10.2 Å². The highest BCUT2D eigenvalue weighted by molar-refractivity contribution is 7.80. The Morgan fingerprint density at radius 2 is 2.25 bits per heavy atom. The summed E-state index contributed by atoms with van der Waals surface area (Å²) in [5.41, 5.74) is 5.83. The third kappa shape index (κ3) is 1.98. The number of fused-ring (bicyclic) bond motifs is 1. The van der Waals surface area contributed by atoms with E-state index in [1.165, 1.54) is 0 Å². The summed E-state index contributed by atoms with van der Waals surface area (Å²) in [7, 11) is 0. The van der Waals surface area contributed by atoms with E-state index in [0.29, 0.717) is 15.9 Å². The zero-order valence-electron chi connectivity index (χ0n) is 7.94. The molecule has 0 aliphatic heterocycles. The van der Waals surface area contributed by atoms with Gasteiger partial charge in [-0.3, -0.25) is 0 Å². The third-order valence-corrected chi connectivity index (χ3v) is 2.28. The summed E-state index contributed by atoms with van der Waals surface area (Å²) in [5, 5.41) is 18.0. The van der Waals surface area contributed by atoms with Crippen LogP contribution in [0.1, 0.15) is 0 Å². The molecule has 0 unspecified atom stereocenters. The molecule has 0 atom stereocenters. The van der Waals surface area contributed by atoms with Crippen molar-refractivity contribution >= 4 is 45.7 Å². The number of thiocarbonyl (C=S) groups is 1. The fourth-order valence-corrected chi connectivity index (χ4v) is 1.53. The molecule has 16 heavy (non-hydrogen) atoms. The van der Waals surface area contributed by atoms with E-state index in [0.717, 1.165) is 0 Å². The molecule has 82 valence electrons. The first-order valence-electron chi connectivity index (χ1n) is 4.29. The SMILES string of the molecule is NC(=S)N=Nc1[nH]c2cc(Cl)ccc2c1O. The van der Waals surface area contributed by atoms with E-state index in [1.54, 1.807) is 18.2 Å². The van der Waals surface area contributed by atoms with Gasteiger partial charge in [0.05, 0.1) is 5.52 Å². The van der Waals surface area contributed by atoms with Crippen LogP contribution in [0, 0.1) is 0 Å². The predicted octanol–water partition coefficient (Wildman–Crippen LogP) is 2.85. The number of azo groups is 1. The molecule has 0 saturated carbocycles. The molecule has 0 radical (unpaired) electrons. The minimum atomic E-state index is -0.101. The van der Waals surface area contributed by atoms with Gasteiger partial charge in [-0.2, -0.15) is 0 Å².